The molecule has 0 fully saturated rings. The van der Waals surface area contributed by atoms with Crippen LogP contribution in [0.1, 0.15) is 46.7 Å². The smallest absolute Gasteiger partial charge is 0.256 e. The normalized spacial score (nSPS) is 12.0. The number of nitrogens with one attached hydrogen (secondary N) is 1. The van der Waals surface area contributed by atoms with Gasteiger partial charge in [0, 0.05) is 31.5 Å². The van der Waals surface area contributed by atoms with E-state index in [4.69, 9.17) is 0 Å². The second-order valence-electron chi connectivity index (χ2n) is 7.68. The molecule has 0 radical (unpaired) electrons. The van der Waals surface area contributed by atoms with E-state index in [1.165, 1.54) is 10.4 Å². The third-order valence-corrected chi connectivity index (χ3v) is 7.60. The number of rotatable bonds is 6. The van der Waals surface area contributed by atoms with Crippen LogP contribution in [0.15, 0.2) is 23.1 Å². The van der Waals surface area contributed by atoms with Crippen molar-refractivity contribution < 1.29 is 13.2 Å². The summed E-state index contributed by atoms with van der Waals surface area (Å²) >= 11 is 0. The first kappa shape index (κ1) is 22.9. The lowest BCUT2D eigenvalue weighted by molar-refractivity contribution is 0.102. The van der Waals surface area contributed by atoms with Crippen LogP contribution in [0.25, 0.3) is 11.0 Å². The number of fused-ring (bicyclic) bond motifs is 1. The lowest BCUT2D eigenvalue weighted by Gasteiger charge is -2.20. The van der Waals surface area contributed by atoms with Gasteiger partial charge in [0.15, 0.2) is 5.65 Å². The lowest BCUT2D eigenvalue weighted by Crippen LogP contribution is -2.30. The first-order valence-corrected chi connectivity index (χ1v) is 11.7. The molecule has 0 aliphatic carbocycles. The second kappa shape index (κ2) is 8.39. The quantitative estimate of drug-likeness (QED) is 0.629. The summed E-state index contributed by atoms with van der Waals surface area (Å²) in [5, 5.41) is 8.00. The van der Waals surface area contributed by atoms with E-state index in [2.05, 4.69) is 15.4 Å². The highest BCUT2D eigenvalue weighted by atomic mass is 32.2. The molecule has 0 saturated carbocycles. The molecule has 1 aromatic carbocycles. The Morgan fingerprint density at radius 1 is 1.10 bits per heavy atom. The number of pyridine rings is 1. The molecule has 0 bridgehead atoms. The van der Waals surface area contributed by atoms with Gasteiger partial charge in [-0.1, -0.05) is 13.8 Å². The average Bonchev–Trinajstić information content (AvgIpc) is 2.98. The SMILES string of the molecule is CCN(CC)S(=O)(=O)c1cc(C)c(C)c(NC(=O)c2cc(C)nc3c2c(C)nn3C)c1. The van der Waals surface area contributed by atoms with Crippen LogP contribution in [0.2, 0.25) is 0 Å². The van der Waals surface area contributed by atoms with Crippen molar-refractivity contribution in [1.29, 1.82) is 0 Å². The number of hydrogen-bond donors (Lipinski definition) is 1. The van der Waals surface area contributed by atoms with Gasteiger partial charge < -0.3 is 5.32 Å². The second-order valence-corrected chi connectivity index (χ2v) is 9.61. The van der Waals surface area contributed by atoms with Gasteiger partial charge in [0.2, 0.25) is 10.0 Å². The first-order chi connectivity index (χ1) is 14.5. The molecule has 0 atom stereocenters. The highest BCUT2D eigenvalue weighted by Gasteiger charge is 2.24. The highest BCUT2D eigenvalue weighted by molar-refractivity contribution is 7.89. The number of benzene rings is 1. The predicted molar refractivity (Wildman–Crippen MR) is 122 cm³/mol. The Balaban J connectivity index is 2.09. The van der Waals surface area contributed by atoms with Crippen LogP contribution < -0.4 is 5.32 Å². The van der Waals surface area contributed by atoms with Crippen molar-refractivity contribution in [3.05, 3.63) is 46.3 Å². The fourth-order valence-corrected chi connectivity index (χ4v) is 5.33. The molecule has 3 rings (SSSR count). The zero-order valence-corrected chi connectivity index (χ0v) is 19.9. The Hall–Kier alpha value is -2.78. The molecule has 3 aromatic rings. The minimum Gasteiger partial charge on any atom is -0.322 e. The molecular weight excluding hydrogens is 414 g/mol. The third kappa shape index (κ3) is 4.07. The van der Waals surface area contributed by atoms with E-state index in [1.807, 2.05) is 27.7 Å². The maximum absolute atomic E-state index is 13.3. The summed E-state index contributed by atoms with van der Waals surface area (Å²) in [6, 6.07) is 4.92. The fraction of sp³-hybridized carbons (Fsp3) is 0.409. The average molecular weight is 444 g/mol. The number of carbonyl (C=O) groups is 1. The van der Waals surface area contributed by atoms with Gasteiger partial charge in [-0.2, -0.15) is 9.40 Å². The van der Waals surface area contributed by atoms with Gasteiger partial charge in [-0.05, 0) is 57.0 Å². The summed E-state index contributed by atoms with van der Waals surface area (Å²) in [6.45, 7) is 11.7. The number of amides is 1. The van der Waals surface area contributed by atoms with E-state index in [0.29, 0.717) is 46.8 Å². The van der Waals surface area contributed by atoms with Crippen LogP contribution in [0, 0.1) is 27.7 Å². The number of aryl methyl sites for hydroxylation is 4. The molecule has 0 saturated heterocycles. The van der Waals surface area contributed by atoms with Gasteiger partial charge >= 0.3 is 0 Å². The Bertz CT molecular complexity index is 1270. The molecule has 2 aromatic heterocycles. The van der Waals surface area contributed by atoms with Crippen LogP contribution in [0.3, 0.4) is 0 Å². The number of aromatic nitrogens is 3. The van der Waals surface area contributed by atoms with Crippen molar-refractivity contribution in [3.8, 4) is 0 Å². The summed E-state index contributed by atoms with van der Waals surface area (Å²) in [4.78, 5) is 17.9. The number of sulfonamides is 1. The molecule has 0 aliphatic rings. The van der Waals surface area contributed by atoms with Gasteiger partial charge in [-0.25, -0.2) is 13.4 Å². The molecular formula is C22H29N5O3S. The van der Waals surface area contributed by atoms with Crippen LogP contribution in [0.4, 0.5) is 5.69 Å². The van der Waals surface area contributed by atoms with E-state index in [1.54, 1.807) is 37.7 Å². The lowest BCUT2D eigenvalue weighted by atomic mass is 10.1. The molecule has 1 amide bonds. The zero-order valence-electron chi connectivity index (χ0n) is 19.1. The van der Waals surface area contributed by atoms with Crippen molar-refractivity contribution in [1.82, 2.24) is 19.1 Å². The topological polar surface area (TPSA) is 97.2 Å². The van der Waals surface area contributed by atoms with Crippen molar-refractivity contribution in [2.75, 3.05) is 18.4 Å². The molecule has 1 N–H and O–H groups in total. The third-order valence-electron chi connectivity index (χ3n) is 5.57. The Labute approximate surface area is 183 Å². The van der Waals surface area contributed by atoms with Crippen LogP contribution >= 0.6 is 0 Å². The van der Waals surface area contributed by atoms with Gasteiger partial charge in [-0.3, -0.25) is 9.48 Å². The van der Waals surface area contributed by atoms with Gasteiger partial charge in [-0.15, -0.1) is 0 Å². The molecule has 0 spiro atoms. The Morgan fingerprint density at radius 3 is 2.35 bits per heavy atom. The van der Waals surface area contributed by atoms with Crippen LogP contribution in [-0.4, -0.2) is 46.5 Å². The largest absolute Gasteiger partial charge is 0.322 e. The highest BCUT2D eigenvalue weighted by Crippen LogP contribution is 2.28. The maximum Gasteiger partial charge on any atom is 0.256 e. The zero-order chi connectivity index (χ0) is 23.1. The summed E-state index contributed by atoms with van der Waals surface area (Å²) in [6.07, 6.45) is 0. The molecule has 166 valence electrons. The maximum atomic E-state index is 13.3. The summed E-state index contributed by atoms with van der Waals surface area (Å²) in [5.74, 6) is -0.327. The van der Waals surface area contributed by atoms with Gasteiger partial charge in [0.1, 0.15) is 0 Å². The van der Waals surface area contributed by atoms with Crippen LogP contribution in [-0.2, 0) is 17.1 Å². The number of anilines is 1. The van der Waals surface area contributed by atoms with E-state index in [-0.39, 0.29) is 10.8 Å². The molecule has 0 unspecified atom stereocenters. The van der Waals surface area contributed by atoms with Crippen LogP contribution in [0.5, 0.6) is 0 Å². The fourth-order valence-electron chi connectivity index (χ4n) is 3.76. The van der Waals surface area contributed by atoms with Gasteiger partial charge in [0.25, 0.3) is 5.91 Å². The van der Waals surface area contributed by atoms with Crippen molar-refractivity contribution in [2.45, 2.75) is 46.4 Å². The van der Waals surface area contributed by atoms with E-state index in [9.17, 15) is 13.2 Å². The van der Waals surface area contributed by atoms with Crippen molar-refractivity contribution >= 4 is 32.7 Å². The monoisotopic (exact) mass is 443 g/mol. The Morgan fingerprint density at radius 2 is 1.74 bits per heavy atom. The molecule has 9 heteroatoms. The van der Waals surface area contributed by atoms with Gasteiger partial charge in [0.05, 0.1) is 21.5 Å². The summed E-state index contributed by atoms with van der Waals surface area (Å²) in [7, 11) is -1.86. The van der Waals surface area contributed by atoms with Crippen molar-refractivity contribution in [2.24, 2.45) is 7.05 Å². The standard InChI is InChI=1S/C22H29N5O3S/c1-8-27(9-2)31(29,30)17-10-13(3)15(5)19(12-17)24-22(28)18-11-14(4)23-21-20(18)16(6)25-26(21)7/h10-12H,8-9H2,1-7H3,(H,24,28). The minimum atomic E-state index is -3.65. The summed E-state index contributed by atoms with van der Waals surface area (Å²) < 4.78 is 29.1. The molecule has 8 nitrogen and oxygen atoms in total. The number of carbonyl (C=O) groups excluding carboxylic acids is 1. The van der Waals surface area contributed by atoms with E-state index in [0.717, 1.165) is 11.1 Å². The van der Waals surface area contributed by atoms with Crippen molar-refractivity contribution in [3.63, 3.8) is 0 Å². The predicted octanol–water partition coefficient (Wildman–Crippen LogP) is 3.48. The Kier molecular flexibility index (Phi) is 6.20. The first-order valence-electron chi connectivity index (χ1n) is 10.2. The number of nitrogens with zero attached hydrogens (tertiary/aromatic N) is 4. The van der Waals surface area contributed by atoms with E-state index >= 15 is 0 Å². The molecule has 0 aliphatic heterocycles. The minimum absolute atomic E-state index is 0.170. The van der Waals surface area contributed by atoms with E-state index < -0.39 is 10.0 Å². The summed E-state index contributed by atoms with van der Waals surface area (Å²) in [5.41, 5.74) is 4.58. The molecule has 2 heterocycles. The number of hydrogen-bond acceptors (Lipinski definition) is 5. The molecule has 31 heavy (non-hydrogen) atoms.